The van der Waals surface area contributed by atoms with Crippen LogP contribution in [0.25, 0.3) is 0 Å². The number of nitrogens with zero attached hydrogens (tertiary/aromatic N) is 1. The first-order valence-corrected chi connectivity index (χ1v) is 8.40. The van der Waals surface area contributed by atoms with E-state index in [1.807, 2.05) is 0 Å². The number of furan rings is 1. The Balaban J connectivity index is 1.62. The van der Waals surface area contributed by atoms with Gasteiger partial charge in [0.05, 0.1) is 19.1 Å². The minimum absolute atomic E-state index is 0.0595. The lowest BCUT2D eigenvalue weighted by molar-refractivity contribution is -0.114. The Labute approximate surface area is 160 Å². The Hall–Kier alpha value is -3.61. The van der Waals surface area contributed by atoms with Crippen LogP contribution in [0.4, 0.5) is 4.39 Å². The molecule has 0 amide bonds. The molecule has 0 unspecified atom stereocenters. The molecule has 28 heavy (non-hydrogen) atoms. The smallest absolute Gasteiger partial charge is 0.339 e. The van der Waals surface area contributed by atoms with E-state index in [2.05, 4.69) is 9.72 Å². The summed E-state index contributed by atoms with van der Waals surface area (Å²) in [6.45, 7) is 0. The molecule has 7 heteroatoms. The molecule has 0 spiro atoms. The Morgan fingerprint density at radius 1 is 1.00 bits per heavy atom. The summed E-state index contributed by atoms with van der Waals surface area (Å²) < 4.78 is 23.1. The van der Waals surface area contributed by atoms with Gasteiger partial charge in [-0.2, -0.15) is 0 Å². The van der Waals surface area contributed by atoms with Crippen LogP contribution >= 0.6 is 0 Å². The topological polar surface area (TPSA) is 86.5 Å². The number of carbonyl (C=O) groups excluding carboxylic acids is 3. The molecule has 0 bridgehead atoms. The van der Waals surface area contributed by atoms with Crippen molar-refractivity contribution in [2.45, 2.75) is 12.8 Å². The molecule has 0 aliphatic rings. The monoisotopic (exact) mass is 381 g/mol. The van der Waals surface area contributed by atoms with Crippen molar-refractivity contribution in [2.24, 2.45) is 0 Å². The quantitative estimate of drug-likeness (QED) is 0.355. The predicted octanol–water partition coefficient (Wildman–Crippen LogP) is 3.19. The van der Waals surface area contributed by atoms with Crippen LogP contribution in [0.1, 0.15) is 37.9 Å². The number of Topliss-reactive ketones (excluding diaryl/α,β-unsaturated/α-hetero) is 2. The van der Waals surface area contributed by atoms with Gasteiger partial charge in [0.1, 0.15) is 23.0 Å². The molecule has 1 aromatic carbocycles. The molecule has 0 radical (unpaired) electrons. The zero-order valence-electron chi connectivity index (χ0n) is 15.0. The van der Waals surface area contributed by atoms with Gasteiger partial charge >= 0.3 is 5.97 Å². The summed E-state index contributed by atoms with van der Waals surface area (Å²) in [5.74, 6) is -1.40. The maximum absolute atomic E-state index is 12.9. The summed E-state index contributed by atoms with van der Waals surface area (Å²) >= 11 is 0. The minimum atomic E-state index is -0.770. The lowest BCUT2D eigenvalue weighted by Gasteiger charge is -2.01. The Morgan fingerprint density at radius 3 is 2.36 bits per heavy atom. The van der Waals surface area contributed by atoms with Crippen molar-refractivity contribution in [1.29, 1.82) is 0 Å². The highest BCUT2D eigenvalue weighted by Gasteiger charge is 2.20. The third-order valence-electron chi connectivity index (χ3n) is 4.01. The van der Waals surface area contributed by atoms with E-state index in [-0.39, 0.29) is 23.5 Å². The molecule has 3 rings (SSSR count). The highest BCUT2D eigenvalue weighted by atomic mass is 19.1. The Morgan fingerprint density at radius 2 is 1.71 bits per heavy atom. The fourth-order valence-electron chi connectivity index (χ4n) is 2.56. The Bertz CT molecular complexity index is 1010. The molecular formula is C21H16FNO5. The summed E-state index contributed by atoms with van der Waals surface area (Å²) in [7, 11) is 1.23. The van der Waals surface area contributed by atoms with Crippen LogP contribution < -0.4 is 0 Å². The number of hydrogen-bond acceptors (Lipinski definition) is 6. The van der Waals surface area contributed by atoms with Crippen molar-refractivity contribution in [2.75, 3.05) is 7.11 Å². The first-order chi connectivity index (χ1) is 13.5. The van der Waals surface area contributed by atoms with Crippen LogP contribution in [0.15, 0.2) is 59.1 Å². The fourth-order valence-corrected chi connectivity index (χ4v) is 2.56. The molecule has 0 fully saturated rings. The van der Waals surface area contributed by atoms with Gasteiger partial charge in [-0.15, -0.1) is 0 Å². The molecule has 0 aliphatic heterocycles. The number of hydrogen-bond donors (Lipinski definition) is 0. The third-order valence-corrected chi connectivity index (χ3v) is 4.01. The second kappa shape index (κ2) is 8.39. The molecule has 0 N–H and O–H groups in total. The van der Waals surface area contributed by atoms with Gasteiger partial charge < -0.3 is 9.15 Å². The molecule has 2 aromatic heterocycles. The second-order valence-corrected chi connectivity index (χ2v) is 6.02. The van der Waals surface area contributed by atoms with E-state index < -0.39 is 17.5 Å². The summed E-state index contributed by atoms with van der Waals surface area (Å²) in [5.41, 5.74) is 0.985. The molecule has 142 valence electrons. The zero-order valence-corrected chi connectivity index (χ0v) is 15.0. The Kier molecular flexibility index (Phi) is 5.74. The van der Waals surface area contributed by atoms with Crippen LogP contribution in [0.5, 0.6) is 0 Å². The summed E-state index contributed by atoms with van der Waals surface area (Å²) in [6, 6.07) is 12.0. The zero-order chi connectivity index (χ0) is 20.1. The van der Waals surface area contributed by atoms with E-state index in [4.69, 9.17) is 4.42 Å². The van der Waals surface area contributed by atoms with Crippen LogP contribution in [-0.4, -0.2) is 29.6 Å². The molecular weight excluding hydrogens is 365 g/mol. The first kappa shape index (κ1) is 19.2. The first-order valence-electron chi connectivity index (χ1n) is 8.40. The van der Waals surface area contributed by atoms with E-state index in [0.29, 0.717) is 17.9 Å². The molecule has 0 aliphatic carbocycles. The molecule has 6 nitrogen and oxygen atoms in total. The van der Waals surface area contributed by atoms with E-state index in [0.717, 1.165) is 5.56 Å². The number of carbonyl (C=O) groups is 3. The van der Waals surface area contributed by atoms with Gasteiger partial charge in [-0.1, -0.05) is 12.1 Å². The fraction of sp³-hybridized carbons (Fsp3) is 0.143. The predicted molar refractivity (Wildman–Crippen MR) is 96.5 cm³/mol. The minimum Gasteiger partial charge on any atom is -0.465 e. The van der Waals surface area contributed by atoms with Gasteiger partial charge in [0.25, 0.3) is 0 Å². The number of pyridine rings is 1. The van der Waals surface area contributed by atoms with Crippen molar-refractivity contribution >= 4 is 17.5 Å². The van der Waals surface area contributed by atoms with E-state index in [1.54, 1.807) is 24.3 Å². The average molecular weight is 381 g/mol. The molecule has 0 saturated carbocycles. The summed E-state index contributed by atoms with van der Waals surface area (Å²) in [4.78, 5) is 39.7. The highest BCUT2D eigenvalue weighted by molar-refractivity contribution is 6.43. The van der Waals surface area contributed by atoms with Crippen LogP contribution in [0, 0.1) is 5.82 Å². The third kappa shape index (κ3) is 4.56. The molecule has 0 atom stereocenters. The van der Waals surface area contributed by atoms with Crippen molar-refractivity contribution in [3.05, 3.63) is 88.9 Å². The normalized spacial score (nSPS) is 10.5. The largest absolute Gasteiger partial charge is 0.465 e. The number of benzene rings is 1. The lowest BCUT2D eigenvalue weighted by atomic mass is 10.1. The van der Waals surface area contributed by atoms with Gasteiger partial charge in [0, 0.05) is 12.6 Å². The number of aromatic nitrogens is 1. The van der Waals surface area contributed by atoms with Crippen molar-refractivity contribution in [1.82, 2.24) is 4.98 Å². The highest BCUT2D eigenvalue weighted by Crippen LogP contribution is 2.15. The maximum atomic E-state index is 12.9. The van der Waals surface area contributed by atoms with E-state index >= 15 is 0 Å². The summed E-state index contributed by atoms with van der Waals surface area (Å²) in [6.07, 6.45) is 1.42. The van der Waals surface area contributed by atoms with Crippen LogP contribution in [-0.2, 0) is 22.4 Å². The van der Waals surface area contributed by atoms with Gasteiger partial charge in [0.15, 0.2) is 0 Å². The average Bonchev–Trinajstić information content (AvgIpc) is 3.15. The number of halogens is 1. The van der Waals surface area contributed by atoms with E-state index in [1.165, 1.54) is 37.6 Å². The van der Waals surface area contributed by atoms with E-state index in [9.17, 15) is 18.8 Å². The SMILES string of the molecule is COC(=O)c1ccc(C(=O)C(=O)Cc2ccc(Cc3ccc(F)cc3)o2)nc1. The summed E-state index contributed by atoms with van der Waals surface area (Å²) in [5, 5.41) is 0. The van der Waals surface area contributed by atoms with Crippen molar-refractivity contribution < 1.29 is 27.9 Å². The number of ether oxygens (including phenoxy) is 1. The van der Waals surface area contributed by atoms with Gasteiger partial charge in [-0.05, 0) is 42.0 Å². The van der Waals surface area contributed by atoms with Crippen LogP contribution in [0.2, 0.25) is 0 Å². The van der Waals surface area contributed by atoms with Gasteiger partial charge in [-0.25, -0.2) is 9.18 Å². The molecule has 3 aromatic rings. The number of methoxy groups -OCH3 is 1. The number of rotatable bonds is 7. The van der Waals surface area contributed by atoms with Gasteiger partial charge in [0.2, 0.25) is 11.6 Å². The van der Waals surface area contributed by atoms with Crippen molar-refractivity contribution in [3.63, 3.8) is 0 Å². The molecule has 0 saturated heterocycles. The van der Waals surface area contributed by atoms with Crippen LogP contribution in [0.3, 0.4) is 0 Å². The second-order valence-electron chi connectivity index (χ2n) is 6.02. The van der Waals surface area contributed by atoms with Crippen molar-refractivity contribution in [3.8, 4) is 0 Å². The van der Waals surface area contributed by atoms with Gasteiger partial charge in [-0.3, -0.25) is 14.6 Å². The standard InChI is InChI=1S/C21H16FNO5/c1-27-21(26)14-4-9-18(23-12-14)20(25)19(24)11-17-8-7-16(28-17)10-13-2-5-15(22)6-3-13/h2-9,12H,10-11H2,1H3. The number of esters is 1. The molecule has 2 heterocycles. The number of ketones is 2. The maximum Gasteiger partial charge on any atom is 0.339 e. The lowest BCUT2D eigenvalue weighted by Crippen LogP contribution is -2.18.